The number of amides is 1. The summed E-state index contributed by atoms with van der Waals surface area (Å²) in [7, 11) is -3.44. The van der Waals surface area contributed by atoms with Gasteiger partial charge < -0.3 is 10.1 Å². The highest BCUT2D eigenvalue weighted by molar-refractivity contribution is 7.89. The number of nitrogens with zero attached hydrogens (tertiary/aromatic N) is 1. The van der Waals surface area contributed by atoms with Crippen molar-refractivity contribution in [2.45, 2.75) is 36.7 Å². The van der Waals surface area contributed by atoms with E-state index in [9.17, 15) is 13.2 Å². The molecule has 0 saturated carbocycles. The Hall–Kier alpha value is -0.960. The van der Waals surface area contributed by atoms with E-state index in [0.717, 1.165) is 32.3 Å². The molecular formula is C14H20N2O4S2. The molecule has 0 aromatic carbocycles. The Morgan fingerprint density at radius 1 is 1.36 bits per heavy atom. The summed E-state index contributed by atoms with van der Waals surface area (Å²) in [5, 5.41) is 4.36. The van der Waals surface area contributed by atoms with Gasteiger partial charge in [-0.2, -0.15) is 4.31 Å². The van der Waals surface area contributed by atoms with Crippen LogP contribution in [-0.4, -0.2) is 51.0 Å². The van der Waals surface area contributed by atoms with Gasteiger partial charge in [0.1, 0.15) is 0 Å². The maximum absolute atomic E-state index is 12.4. The zero-order chi connectivity index (χ0) is 15.6. The van der Waals surface area contributed by atoms with Gasteiger partial charge >= 0.3 is 0 Å². The average molecular weight is 344 g/mol. The zero-order valence-electron chi connectivity index (χ0n) is 12.3. The van der Waals surface area contributed by atoms with Crippen LogP contribution in [0.2, 0.25) is 0 Å². The van der Waals surface area contributed by atoms with Crippen molar-refractivity contribution in [1.29, 1.82) is 0 Å². The fourth-order valence-electron chi connectivity index (χ4n) is 2.75. The highest BCUT2D eigenvalue weighted by Crippen LogP contribution is 2.25. The van der Waals surface area contributed by atoms with Crippen LogP contribution in [0.4, 0.5) is 0 Å². The van der Waals surface area contributed by atoms with Crippen molar-refractivity contribution in [3.8, 4) is 0 Å². The van der Waals surface area contributed by atoms with Crippen LogP contribution >= 0.6 is 11.3 Å². The second kappa shape index (κ2) is 6.66. The molecule has 1 aromatic heterocycles. The minimum absolute atomic E-state index is 0.0803. The van der Waals surface area contributed by atoms with Gasteiger partial charge in [0.05, 0.1) is 15.9 Å². The van der Waals surface area contributed by atoms with Gasteiger partial charge in [-0.25, -0.2) is 8.42 Å². The second-order valence-electron chi connectivity index (χ2n) is 5.60. The average Bonchev–Trinajstić information content (AvgIpc) is 3.27. The Morgan fingerprint density at radius 2 is 2.14 bits per heavy atom. The van der Waals surface area contributed by atoms with E-state index in [1.165, 1.54) is 21.7 Å². The van der Waals surface area contributed by atoms with Gasteiger partial charge in [0.2, 0.25) is 10.0 Å². The fourth-order valence-corrected chi connectivity index (χ4v) is 5.44. The lowest BCUT2D eigenvalue weighted by atomic mass is 10.2. The Kier molecular flexibility index (Phi) is 4.82. The molecule has 22 heavy (non-hydrogen) atoms. The van der Waals surface area contributed by atoms with Crippen LogP contribution in [0.15, 0.2) is 16.3 Å². The van der Waals surface area contributed by atoms with Crippen molar-refractivity contribution in [1.82, 2.24) is 9.62 Å². The van der Waals surface area contributed by atoms with E-state index in [1.807, 2.05) is 0 Å². The molecule has 3 rings (SSSR count). The number of carbonyl (C=O) groups is 1. The molecule has 0 bridgehead atoms. The molecule has 2 saturated heterocycles. The third-order valence-electron chi connectivity index (χ3n) is 4.02. The fraction of sp³-hybridized carbons (Fsp3) is 0.643. The monoisotopic (exact) mass is 344 g/mol. The zero-order valence-corrected chi connectivity index (χ0v) is 13.9. The van der Waals surface area contributed by atoms with Crippen molar-refractivity contribution < 1.29 is 17.9 Å². The SMILES string of the molecule is O=C(NC[C@@H]1CCCO1)c1cc(S(=O)(=O)N2CCCC2)cs1. The minimum atomic E-state index is -3.44. The highest BCUT2D eigenvalue weighted by atomic mass is 32.2. The summed E-state index contributed by atoms with van der Waals surface area (Å²) in [6.07, 6.45) is 3.87. The summed E-state index contributed by atoms with van der Waals surface area (Å²) in [6, 6.07) is 1.48. The summed E-state index contributed by atoms with van der Waals surface area (Å²) < 4.78 is 31.8. The Morgan fingerprint density at radius 3 is 2.82 bits per heavy atom. The van der Waals surface area contributed by atoms with Crippen LogP contribution < -0.4 is 5.32 Å². The molecule has 2 fully saturated rings. The van der Waals surface area contributed by atoms with Gasteiger partial charge in [0, 0.05) is 31.6 Å². The largest absolute Gasteiger partial charge is 0.376 e. The van der Waals surface area contributed by atoms with E-state index in [0.29, 0.717) is 24.5 Å². The lowest BCUT2D eigenvalue weighted by molar-refractivity contribution is 0.0861. The predicted octanol–water partition coefficient (Wildman–Crippen LogP) is 1.44. The normalized spacial score (nSPS) is 23.0. The first-order valence-corrected chi connectivity index (χ1v) is 9.88. The number of carbonyl (C=O) groups excluding carboxylic acids is 1. The molecule has 6 nitrogen and oxygen atoms in total. The summed E-state index contributed by atoms with van der Waals surface area (Å²) in [5.41, 5.74) is 0. The Bertz CT molecular complexity index is 629. The van der Waals surface area contributed by atoms with Crippen LogP contribution in [0.25, 0.3) is 0 Å². The molecule has 3 heterocycles. The number of hydrogen-bond acceptors (Lipinski definition) is 5. The molecule has 122 valence electrons. The molecule has 0 unspecified atom stereocenters. The van der Waals surface area contributed by atoms with E-state index >= 15 is 0 Å². The van der Waals surface area contributed by atoms with Crippen LogP contribution in [-0.2, 0) is 14.8 Å². The Labute approximate surface area is 134 Å². The van der Waals surface area contributed by atoms with E-state index in [4.69, 9.17) is 4.74 Å². The molecule has 0 radical (unpaired) electrons. The number of thiophene rings is 1. The summed E-state index contributed by atoms with van der Waals surface area (Å²) in [4.78, 5) is 12.7. The number of rotatable bonds is 5. The van der Waals surface area contributed by atoms with Crippen molar-refractivity contribution in [2.24, 2.45) is 0 Å². The summed E-state index contributed by atoms with van der Waals surface area (Å²) in [6.45, 7) is 2.36. The van der Waals surface area contributed by atoms with Gasteiger partial charge in [-0.15, -0.1) is 11.3 Å². The second-order valence-corrected chi connectivity index (χ2v) is 8.45. The van der Waals surface area contributed by atoms with Gasteiger partial charge in [-0.1, -0.05) is 0 Å². The van der Waals surface area contributed by atoms with Gasteiger partial charge in [0.15, 0.2) is 0 Å². The first kappa shape index (κ1) is 15.9. The quantitative estimate of drug-likeness (QED) is 0.877. The molecule has 2 aliphatic heterocycles. The van der Waals surface area contributed by atoms with Crippen LogP contribution in [0.3, 0.4) is 0 Å². The van der Waals surface area contributed by atoms with Crippen molar-refractivity contribution in [3.05, 3.63) is 16.3 Å². The molecule has 1 N–H and O–H groups in total. The summed E-state index contributed by atoms with van der Waals surface area (Å²) >= 11 is 1.17. The number of ether oxygens (including phenoxy) is 1. The molecule has 8 heteroatoms. The maximum Gasteiger partial charge on any atom is 0.261 e. The van der Waals surface area contributed by atoms with Crippen LogP contribution in [0.5, 0.6) is 0 Å². The first-order valence-electron chi connectivity index (χ1n) is 7.56. The standard InChI is InChI=1S/C14H20N2O4S2/c17-14(15-9-11-4-3-7-20-11)13-8-12(10-21-13)22(18,19)16-5-1-2-6-16/h8,10-11H,1-7,9H2,(H,15,17)/t11-/m0/s1. The Balaban J connectivity index is 1.63. The predicted molar refractivity (Wildman–Crippen MR) is 83.6 cm³/mol. The van der Waals surface area contributed by atoms with Crippen LogP contribution in [0.1, 0.15) is 35.4 Å². The molecule has 0 spiro atoms. The van der Waals surface area contributed by atoms with E-state index in [-0.39, 0.29) is 16.9 Å². The summed E-state index contributed by atoms with van der Waals surface area (Å²) in [5.74, 6) is -0.233. The van der Waals surface area contributed by atoms with Crippen LogP contribution in [0, 0.1) is 0 Å². The van der Waals surface area contributed by atoms with E-state index in [2.05, 4.69) is 5.32 Å². The third kappa shape index (κ3) is 3.34. The molecule has 1 aromatic rings. The van der Waals surface area contributed by atoms with Gasteiger partial charge in [-0.05, 0) is 31.7 Å². The highest BCUT2D eigenvalue weighted by Gasteiger charge is 2.28. The minimum Gasteiger partial charge on any atom is -0.376 e. The number of hydrogen-bond donors (Lipinski definition) is 1. The molecular weight excluding hydrogens is 324 g/mol. The maximum atomic E-state index is 12.4. The van der Waals surface area contributed by atoms with E-state index < -0.39 is 10.0 Å². The van der Waals surface area contributed by atoms with E-state index in [1.54, 1.807) is 5.38 Å². The first-order chi connectivity index (χ1) is 10.6. The third-order valence-corrected chi connectivity index (χ3v) is 6.97. The van der Waals surface area contributed by atoms with Gasteiger partial charge in [0.25, 0.3) is 5.91 Å². The molecule has 0 aliphatic carbocycles. The smallest absolute Gasteiger partial charge is 0.261 e. The van der Waals surface area contributed by atoms with Crippen molar-refractivity contribution >= 4 is 27.3 Å². The topological polar surface area (TPSA) is 75.7 Å². The van der Waals surface area contributed by atoms with Crippen molar-refractivity contribution in [2.75, 3.05) is 26.2 Å². The molecule has 1 atom stereocenters. The molecule has 2 aliphatic rings. The molecule has 1 amide bonds. The van der Waals surface area contributed by atoms with Gasteiger partial charge in [-0.3, -0.25) is 4.79 Å². The number of sulfonamides is 1. The number of nitrogens with one attached hydrogen (secondary N) is 1. The van der Waals surface area contributed by atoms with Crippen molar-refractivity contribution in [3.63, 3.8) is 0 Å². The lowest BCUT2D eigenvalue weighted by Gasteiger charge is -2.13. The lowest BCUT2D eigenvalue weighted by Crippen LogP contribution is -2.31.